The van der Waals surface area contributed by atoms with E-state index in [0.29, 0.717) is 0 Å². The highest BCUT2D eigenvalue weighted by Crippen LogP contribution is 2.22. The minimum atomic E-state index is 0.840. The van der Waals surface area contributed by atoms with Crippen LogP contribution in [0.4, 0.5) is 0 Å². The maximum absolute atomic E-state index is 3.77. The molecule has 0 heterocycles. The minimum absolute atomic E-state index is 0.840. The van der Waals surface area contributed by atoms with Crippen molar-refractivity contribution in [1.29, 1.82) is 0 Å². The third-order valence-corrected chi connectivity index (χ3v) is 2.41. The van der Waals surface area contributed by atoms with Crippen LogP contribution < -0.4 is 0 Å². The molecule has 0 unspecified atom stereocenters. The predicted octanol–water partition coefficient (Wildman–Crippen LogP) is 4.93. The van der Waals surface area contributed by atoms with Crippen molar-refractivity contribution in [1.82, 2.24) is 0 Å². The Morgan fingerprint density at radius 3 is 2.57 bits per heavy atom. The van der Waals surface area contributed by atoms with Gasteiger partial charge in [-0.1, -0.05) is 63.2 Å². The normalized spacial score (nSPS) is 11.1. The second-order valence-electron chi connectivity index (χ2n) is 2.76. The van der Waals surface area contributed by atoms with Crippen LogP contribution in [0, 0.1) is 0 Å². The van der Waals surface area contributed by atoms with E-state index in [1.165, 1.54) is 0 Å². The van der Waals surface area contributed by atoms with Gasteiger partial charge in [0.1, 0.15) is 0 Å². The van der Waals surface area contributed by atoms with Crippen LogP contribution in [0.5, 0.6) is 0 Å². The molecule has 0 N–H and O–H groups in total. The maximum Gasteiger partial charge on any atom is 0.0181 e. The van der Waals surface area contributed by atoms with Crippen LogP contribution in [0.15, 0.2) is 58.5 Å². The molecule has 0 saturated heterocycles. The van der Waals surface area contributed by atoms with E-state index < -0.39 is 0 Å². The second kappa shape index (κ2) is 5.32. The molecule has 0 spiro atoms. The van der Waals surface area contributed by atoms with Crippen molar-refractivity contribution in [3.8, 4) is 0 Å². The standard InChI is InChI=1S/C12H10Br2/c1-3-10(7-9(2)13)11-5-4-6-12(14)8-11/h3-8H,1-2H2/b10-7+. The molecule has 2 heteroatoms. The lowest BCUT2D eigenvalue weighted by Gasteiger charge is -2.02. The summed E-state index contributed by atoms with van der Waals surface area (Å²) < 4.78 is 1.90. The van der Waals surface area contributed by atoms with Crippen molar-refractivity contribution < 1.29 is 0 Å². The molecule has 14 heavy (non-hydrogen) atoms. The number of allylic oxidation sites excluding steroid dienone is 4. The third kappa shape index (κ3) is 3.28. The van der Waals surface area contributed by atoms with Crippen molar-refractivity contribution in [2.24, 2.45) is 0 Å². The molecule has 72 valence electrons. The Hall–Kier alpha value is -0.600. The quantitative estimate of drug-likeness (QED) is 0.694. The van der Waals surface area contributed by atoms with E-state index in [-0.39, 0.29) is 0 Å². The van der Waals surface area contributed by atoms with Crippen LogP contribution in [-0.4, -0.2) is 0 Å². The first kappa shape index (κ1) is 11.5. The Bertz CT molecular complexity index is 389. The van der Waals surface area contributed by atoms with Crippen LogP contribution in [0.1, 0.15) is 5.56 Å². The lowest BCUT2D eigenvalue weighted by Crippen LogP contribution is -1.80. The first-order chi connectivity index (χ1) is 6.63. The highest BCUT2D eigenvalue weighted by Gasteiger charge is 1.97. The highest BCUT2D eigenvalue weighted by atomic mass is 79.9. The SMILES string of the molecule is C=C/C(=C\C(=C)Br)c1cccc(Br)c1. The zero-order valence-corrected chi connectivity index (χ0v) is 10.8. The first-order valence-corrected chi connectivity index (χ1v) is 5.66. The molecule has 0 bridgehead atoms. The van der Waals surface area contributed by atoms with Gasteiger partial charge >= 0.3 is 0 Å². The van der Waals surface area contributed by atoms with Crippen LogP contribution in [0.3, 0.4) is 0 Å². The van der Waals surface area contributed by atoms with Gasteiger partial charge in [0, 0.05) is 8.96 Å². The molecular formula is C12H10Br2. The van der Waals surface area contributed by atoms with Crippen LogP contribution in [0.25, 0.3) is 5.57 Å². The Morgan fingerprint density at radius 1 is 1.36 bits per heavy atom. The third-order valence-electron chi connectivity index (χ3n) is 1.69. The Morgan fingerprint density at radius 2 is 2.07 bits per heavy atom. The Balaban J connectivity index is 3.13. The van der Waals surface area contributed by atoms with E-state index in [9.17, 15) is 0 Å². The van der Waals surface area contributed by atoms with Crippen molar-refractivity contribution in [2.75, 3.05) is 0 Å². The lowest BCUT2D eigenvalue weighted by molar-refractivity contribution is 1.58. The summed E-state index contributed by atoms with van der Waals surface area (Å²) in [7, 11) is 0. The molecule has 0 radical (unpaired) electrons. The van der Waals surface area contributed by atoms with Gasteiger partial charge in [-0.15, -0.1) is 0 Å². The average Bonchev–Trinajstić information content (AvgIpc) is 2.14. The number of hydrogen-bond donors (Lipinski definition) is 0. The van der Waals surface area contributed by atoms with Gasteiger partial charge in [-0.3, -0.25) is 0 Å². The lowest BCUT2D eigenvalue weighted by atomic mass is 10.1. The van der Waals surface area contributed by atoms with Crippen molar-refractivity contribution in [3.63, 3.8) is 0 Å². The first-order valence-electron chi connectivity index (χ1n) is 4.08. The van der Waals surface area contributed by atoms with E-state index in [0.717, 1.165) is 20.1 Å². The zero-order chi connectivity index (χ0) is 10.6. The van der Waals surface area contributed by atoms with Gasteiger partial charge in [0.05, 0.1) is 0 Å². The summed E-state index contributed by atoms with van der Waals surface area (Å²) in [5.74, 6) is 0. The number of benzene rings is 1. The number of halogens is 2. The minimum Gasteiger partial charge on any atom is -0.0984 e. The summed E-state index contributed by atoms with van der Waals surface area (Å²) in [6.07, 6.45) is 3.75. The highest BCUT2D eigenvalue weighted by molar-refractivity contribution is 9.11. The molecule has 0 nitrogen and oxygen atoms in total. The molecule has 0 aromatic heterocycles. The van der Waals surface area contributed by atoms with Crippen LogP contribution >= 0.6 is 31.9 Å². The van der Waals surface area contributed by atoms with Gasteiger partial charge in [0.25, 0.3) is 0 Å². The summed E-state index contributed by atoms with van der Waals surface area (Å²) in [5.41, 5.74) is 2.17. The van der Waals surface area contributed by atoms with E-state index in [2.05, 4.69) is 45.0 Å². The average molecular weight is 314 g/mol. The van der Waals surface area contributed by atoms with Crippen molar-refractivity contribution >= 4 is 37.4 Å². The van der Waals surface area contributed by atoms with Crippen molar-refractivity contribution in [3.05, 3.63) is 64.1 Å². The van der Waals surface area contributed by atoms with Crippen LogP contribution in [0.2, 0.25) is 0 Å². The number of rotatable bonds is 3. The smallest absolute Gasteiger partial charge is 0.0181 e. The van der Waals surface area contributed by atoms with Crippen LogP contribution in [-0.2, 0) is 0 Å². The Labute approximate surface area is 101 Å². The van der Waals surface area contributed by atoms with E-state index >= 15 is 0 Å². The molecule has 0 atom stereocenters. The fourth-order valence-electron chi connectivity index (χ4n) is 1.10. The Kier molecular flexibility index (Phi) is 4.36. The molecule has 0 aliphatic rings. The zero-order valence-electron chi connectivity index (χ0n) is 7.63. The monoisotopic (exact) mass is 312 g/mol. The molecule has 0 amide bonds. The van der Waals surface area contributed by atoms with Gasteiger partial charge < -0.3 is 0 Å². The molecule has 1 rings (SSSR count). The van der Waals surface area contributed by atoms with Gasteiger partial charge in [0.15, 0.2) is 0 Å². The molecule has 0 saturated carbocycles. The summed E-state index contributed by atoms with van der Waals surface area (Å²) in [6, 6.07) is 8.07. The van der Waals surface area contributed by atoms with E-state index in [1.807, 2.05) is 36.4 Å². The van der Waals surface area contributed by atoms with Gasteiger partial charge in [-0.2, -0.15) is 0 Å². The molecule has 1 aromatic carbocycles. The summed E-state index contributed by atoms with van der Waals surface area (Å²) in [6.45, 7) is 7.55. The summed E-state index contributed by atoms with van der Waals surface area (Å²) in [4.78, 5) is 0. The fraction of sp³-hybridized carbons (Fsp3) is 0. The second-order valence-corrected chi connectivity index (χ2v) is 4.70. The van der Waals surface area contributed by atoms with Crippen molar-refractivity contribution in [2.45, 2.75) is 0 Å². The van der Waals surface area contributed by atoms with Gasteiger partial charge in [-0.05, 0) is 29.3 Å². The molecule has 1 aromatic rings. The largest absolute Gasteiger partial charge is 0.0984 e. The topological polar surface area (TPSA) is 0 Å². The van der Waals surface area contributed by atoms with Gasteiger partial charge in [-0.25, -0.2) is 0 Å². The van der Waals surface area contributed by atoms with E-state index in [4.69, 9.17) is 0 Å². The molecular weight excluding hydrogens is 304 g/mol. The molecule has 0 aliphatic carbocycles. The summed E-state index contributed by atoms with van der Waals surface area (Å²) >= 11 is 6.73. The number of hydrogen-bond acceptors (Lipinski definition) is 0. The maximum atomic E-state index is 3.77. The van der Waals surface area contributed by atoms with E-state index in [1.54, 1.807) is 0 Å². The fourth-order valence-corrected chi connectivity index (χ4v) is 1.74. The predicted molar refractivity (Wildman–Crippen MR) is 70.4 cm³/mol. The molecule has 0 fully saturated rings. The summed E-state index contributed by atoms with van der Waals surface area (Å²) in [5, 5.41) is 0. The van der Waals surface area contributed by atoms with Gasteiger partial charge in [0.2, 0.25) is 0 Å². The molecule has 0 aliphatic heterocycles.